The van der Waals surface area contributed by atoms with Gasteiger partial charge in [0.05, 0.1) is 12.2 Å². The van der Waals surface area contributed by atoms with Gasteiger partial charge in [-0.05, 0) is 44.4 Å². The molecule has 2 aromatic heterocycles. The molecular formula is C24H26N4O2. The number of ether oxygens (including phenoxy) is 1. The summed E-state index contributed by atoms with van der Waals surface area (Å²) in [5.74, 6) is 1.51. The second-order valence-corrected chi connectivity index (χ2v) is 7.87. The van der Waals surface area contributed by atoms with Crippen molar-refractivity contribution in [1.82, 2.24) is 19.9 Å². The Hall–Kier alpha value is -3.28. The molecule has 0 saturated carbocycles. The third kappa shape index (κ3) is 4.64. The SMILES string of the molecule is Cc1ccc(OC[C@@H]2CCCN(C(=O)c3cc(C)ccc3-c3ncccn3)C2)nc1. The van der Waals surface area contributed by atoms with E-state index in [1.807, 2.05) is 49.1 Å². The zero-order valence-corrected chi connectivity index (χ0v) is 17.4. The number of piperidine rings is 1. The van der Waals surface area contributed by atoms with E-state index < -0.39 is 0 Å². The first-order chi connectivity index (χ1) is 14.6. The Bertz CT molecular complexity index is 1010. The highest BCUT2D eigenvalue weighted by molar-refractivity contribution is 6.00. The summed E-state index contributed by atoms with van der Waals surface area (Å²) in [6, 6.07) is 11.5. The van der Waals surface area contributed by atoms with E-state index in [9.17, 15) is 4.79 Å². The van der Waals surface area contributed by atoms with Gasteiger partial charge in [0.1, 0.15) is 0 Å². The van der Waals surface area contributed by atoms with Crippen LogP contribution in [0.25, 0.3) is 11.4 Å². The van der Waals surface area contributed by atoms with E-state index in [0.29, 0.717) is 30.4 Å². The van der Waals surface area contributed by atoms with Crippen LogP contribution in [-0.2, 0) is 0 Å². The van der Waals surface area contributed by atoms with Crippen LogP contribution in [0, 0.1) is 19.8 Å². The van der Waals surface area contributed by atoms with Crippen molar-refractivity contribution in [3.63, 3.8) is 0 Å². The number of likely N-dealkylation sites (tertiary alicyclic amines) is 1. The quantitative estimate of drug-likeness (QED) is 0.643. The van der Waals surface area contributed by atoms with Crippen molar-refractivity contribution >= 4 is 5.91 Å². The average molecular weight is 402 g/mol. The van der Waals surface area contributed by atoms with Gasteiger partial charge in [-0.2, -0.15) is 0 Å². The maximum atomic E-state index is 13.4. The molecule has 1 amide bonds. The van der Waals surface area contributed by atoms with Crippen molar-refractivity contribution in [2.75, 3.05) is 19.7 Å². The maximum absolute atomic E-state index is 13.4. The van der Waals surface area contributed by atoms with Gasteiger partial charge in [-0.25, -0.2) is 15.0 Å². The van der Waals surface area contributed by atoms with Crippen molar-refractivity contribution in [2.45, 2.75) is 26.7 Å². The molecule has 0 spiro atoms. The van der Waals surface area contributed by atoms with Crippen LogP contribution < -0.4 is 4.74 Å². The molecule has 1 atom stereocenters. The third-order valence-corrected chi connectivity index (χ3v) is 5.37. The summed E-state index contributed by atoms with van der Waals surface area (Å²) in [6.07, 6.45) is 7.20. The molecule has 154 valence electrons. The predicted molar refractivity (Wildman–Crippen MR) is 115 cm³/mol. The van der Waals surface area contributed by atoms with Gasteiger partial charge >= 0.3 is 0 Å². The number of carbonyl (C=O) groups excluding carboxylic acids is 1. The third-order valence-electron chi connectivity index (χ3n) is 5.37. The van der Waals surface area contributed by atoms with Gasteiger partial charge in [-0.1, -0.05) is 23.8 Å². The minimum absolute atomic E-state index is 0.0271. The van der Waals surface area contributed by atoms with Gasteiger partial charge < -0.3 is 9.64 Å². The molecule has 0 unspecified atom stereocenters. The van der Waals surface area contributed by atoms with Crippen molar-refractivity contribution in [3.05, 3.63) is 71.7 Å². The predicted octanol–water partition coefficient (Wildman–Crippen LogP) is 4.09. The lowest BCUT2D eigenvalue weighted by Gasteiger charge is -2.33. The monoisotopic (exact) mass is 402 g/mol. The van der Waals surface area contributed by atoms with Crippen LogP contribution in [-0.4, -0.2) is 45.5 Å². The number of amides is 1. The average Bonchev–Trinajstić information content (AvgIpc) is 2.79. The number of pyridine rings is 1. The van der Waals surface area contributed by atoms with Crippen LogP contribution in [0.1, 0.15) is 34.3 Å². The number of aromatic nitrogens is 3. The van der Waals surface area contributed by atoms with E-state index in [0.717, 1.165) is 36.1 Å². The number of hydrogen-bond acceptors (Lipinski definition) is 5. The van der Waals surface area contributed by atoms with Gasteiger partial charge in [0.15, 0.2) is 5.82 Å². The second-order valence-electron chi connectivity index (χ2n) is 7.87. The number of benzene rings is 1. The second kappa shape index (κ2) is 9.03. The van der Waals surface area contributed by atoms with E-state index in [4.69, 9.17) is 4.74 Å². The molecule has 1 aromatic carbocycles. The molecular weight excluding hydrogens is 376 g/mol. The lowest BCUT2D eigenvalue weighted by atomic mass is 9.96. The standard InChI is InChI=1S/C24H26N4O2/c1-17-6-8-20(23-25-10-4-11-26-23)21(13-17)24(29)28-12-3-5-19(15-28)16-30-22-9-7-18(2)14-27-22/h4,6-11,13-14,19H,3,5,12,15-16H2,1-2H3/t19-/m1/s1. The van der Waals surface area contributed by atoms with Crippen LogP contribution in [0.3, 0.4) is 0 Å². The van der Waals surface area contributed by atoms with E-state index in [-0.39, 0.29) is 11.8 Å². The molecule has 0 N–H and O–H groups in total. The van der Waals surface area contributed by atoms with Gasteiger partial charge in [-0.15, -0.1) is 0 Å². The maximum Gasteiger partial charge on any atom is 0.254 e. The number of nitrogens with zero attached hydrogens (tertiary/aromatic N) is 4. The Morgan fingerprint density at radius 3 is 2.67 bits per heavy atom. The molecule has 0 radical (unpaired) electrons. The van der Waals surface area contributed by atoms with Crippen molar-refractivity contribution in [2.24, 2.45) is 5.92 Å². The molecule has 1 aliphatic rings. The van der Waals surface area contributed by atoms with Crippen LogP contribution in [0.2, 0.25) is 0 Å². The Morgan fingerprint density at radius 2 is 1.90 bits per heavy atom. The Balaban J connectivity index is 1.48. The minimum Gasteiger partial charge on any atom is -0.477 e. The van der Waals surface area contributed by atoms with Crippen molar-refractivity contribution in [1.29, 1.82) is 0 Å². The van der Waals surface area contributed by atoms with Crippen LogP contribution in [0.4, 0.5) is 0 Å². The normalized spacial score (nSPS) is 16.3. The smallest absolute Gasteiger partial charge is 0.254 e. The molecule has 6 nitrogen and oxygen atoms in total. The number of aryl methyl sites for hydroxylation is 2. The molecule has 0 bridgehead atoms. The topological polar surface area (TPSA) is 68.2 Å². The first kappa shape index (κ1) is 20.0. The van der Waals surface area contributed by atoms with Crippen LogP contribution >= 0.6 is 0 Å². The first-order valence-corrected chi connectivity index (χ1v) is 10.3. The van der Waals surface area contributed by atoms with E-state index in [1.165, 1.54) is 0 Å². The molecule has 0 aliphatic carbocycles. The fourth-order valence-electron chi connectivity index (χ4n) is 3.77. The molecule has 30 heavy (non-hydrogen) atoms. The van der Waals surface area contributed by atoms with Crippen molar-refractivity contribution in [3.8, 4) is 17.3 Å². The van der Waals surface area contributed by atoms with Crippen LogP contribution in [0.5, 0.6) is 5.88 Å². The Kier molecular flexibility index (Phi) is 6.02. The zero-order chi connectivity index (χ0) is 20.9. The summed E-state index contributed by atoms with van der Waals surface area (Å²) in [5, 5.41) is 0. The minimum atomic E-state index is 0.0271. The summed E-state index contributed by atoms with van der Waals surface area (Å²) < 4.78 is 5.88. The Labute approximate surface area is 177 Å². The molecule has 3 aromatic rings. The molecule has 4 rings (SSSR count). The Morgan fingerprint density at radius 1 is 1.10 bits per heavy atom. The first-order valence-electron chi connectivity index (χ1n) is 10.3. The number of rotatable bonds is 5. The largest absolute Gasteiger partial charge is 0.477 e. The van der Waals surface area contributed by atoms with Gasteiger partial charge in [0.25, 0.3) is 5.91 Å². The van der Waals surface area contributed by atoms with E-state index in [1.54, 1.807) is 24.7 Å². The van der Waals surface area contributed by atoms with Crippen molar-refractivity contribution < 1.29 is 9.53 Å². The molecule has 1 aliphatic heterocycles. The summed E-state index contributed by atoms with van der Waals surface area (Å²) in [4.78, 5) is 28.3. The molecule has 3 heterocycles. The summed E-state index contributed by atoms with van der Waals surface area (Å²) in [5.41, 5.74) is 3.57. The summed E-state index contributed by atoms with van der Waals surface area (Å²) >= 11 is 0. The zero-order valence-electron chi connectivity index (χ0n) is 17.4. The number of carbonyl (C=O) groups is 1. The lowest BCUT2D eigenvalue weighted by molar-refractivity contribution is 0.0632. The van der Waals surface area contributed by atoms with Gasteiger partial charge in [-0.3, -0.25) is 4.79 Å². The summed E-state index contributed by atoms with van der Waals surface area (Å²) in [6.45, 7) is 5.98. The molecule has 6 heteroatoms. The molecule has 1 saturated heterocycles. The number of hydrogen-bond donors (Lipinski definition) is 0. The fraction of sp³-hybridized carbons (Fsp3) is 0.333. The summed E-state index contributed by atoms with van der Waals surface area (Å²) in [7, 11) is 0. The van der Waals surface area contributed by atoms with E-state index in [2.05, 4.69) is 15.0 Å². The van der Waals surface area contributed by atoms with Gasteiger partial charge in [0.2, 0.25) is 5.88 Å². The van der Waals surface area contributed by atoms with E-state index >= 15 is 0 Å². The van der Waals surface area contributed by atoms with Crippen LogP contribution in [0.15, 0.2) is 55.0 Å². The highest BCUT2D eigenvalue weighted by Crippen LogP contribution is 2.26. The highest BCUT2D eigenvalue weighted by Gasteiger charge is 2.27. The highest BCUT2D eigenvalue weighted by atomic mass is 16.5. The fourth-order valence-corrected chi connectivity index (χ4v) is 3.77. The van der Waals surface area contributed by atoms with Gasteiger partial charge in [0, 0.05) is 49.2 Å². The molecule has 1 fully saturated rings. The lowest BCUT2D eigenvalue weighted by Crippen LogP contribution is -2.41.